The maximum absolute atomic E-state index is 12.8. The SMILES string of the molecule is CCCCc1ccc(N2C(=O)/C(=C/C(Cl)=C/c3ccccc3)SC2=S)cc1. The lowest BCUT2D eigenvalue weighted by molar-refractivity contribution is -0.113. The van der Waals surface area contributed by atoms with Gasteiger partial charge in [-0.2, -0.15) is 0 Å². The summed E-state index contributed by atoms with van der Waals surface area (Å²) in [6, 6.07) is 17.8. The number of nitrogens with zero attached hydrogens (tertiary/aromatic N) is 1. The van der Waals surface area contributed by atoms with Gasteiger partial charge in [0.05, 0.1) is 10.6 Å². The molecule has 27 heavy (non-hydrogen) atoms. The highest BCUT2D eigenvalue weighted by Gasteiger charge is 2.33. The second-order valence-corrected chi connectivity index (χ2v) is 8.34. The summed E-state index contributed by atoms with van der Waals surface area (Å²) < 4.78 is 0.525. The molecule has 5 heteroatoms. The van der Waals surface area contributed by atoms with E-state index in [1.807, 2.05) is 48.5 Å². The van der Waals surface area contributed by atoms with Crippen LogP contribution in [0.3, 0.4) is 0 Å². The fourth-order valence-electron chi connectivity index (χ4n) is 2.76. The number of benzene rings is 2. The van der Waals surface area contributed by atoms with E-state index in [-0.39, 0.29) is 5.91 Å². The number of hydrogen-bond acceptors (Lipinski definition) is 3. The van der Waals surface area contributed by atoms with Crippen molar-refractivity contribution in [2.75, 3.05) is 4.90 Å². The van der Waals surface area contributed by atoms with Crippen molar-refractivity contribution < 1.29 is 4.79 Å². The van der Waals surface area contributed by atoms with Crippen LogP contribution in [-0.4, -0.2) is 10.2 Å². The Bertz CT molecular complexity index is 888. The van der Waals surface area contributed by atoms with Crippen molar-refractivity contribution in [1.29, 1.82) is 0 Å². The Kier molecular flexibility index (Phi) is 6.89. The van der Waals surface area contributed by atoms with Crippen molar-refractivity contribution in [2.24, 2.45) is 0 Å². The smallest absolute Gasteiger partial charge is 0.268 e. The number of halogens is 1. The van der Waals surface area contributed by atoms with E-state index in [1.54, 1.807) is 11.0 Å². The van der Waals surface area contributed by atoms with Crippen LogP contribution in [0.5, 0.6) is 0 Å². The first kappa shape index (κ1) is 19.9. The molecule has 1 aliphatic rings. The standard InChI is InChI=1S/C22H20ClNOS2/c1-2-3-7-16-10-12-19(13-11-16)24-21(25)20(27-22(24)26)15-18(23)14-17-8-5-4-6-9-17/h4-6,8-15H,2-3,7H2,1H3/b18-14-,20-15-. The lowest BCUT2D eigenvalue weighted by Gasteiger charge is -2.15. The van der Waals surface area contributed by atoms with E-state index >= 15 is 0 Å². The Morgan fingerprint density at radius 1 is 1.15 bits per heavy atom. The molecular formula is C22H20ClNOS2. The molecule has 0 aromatic heterocycles. The van der Waals surface area contributed by atoms with Crippen molar-refractivity contribution in [3.05, 3.63) is 81.7 Å². The lowest BCUT2D eigenvalue weighted by atomic mass is 10.1. The highest BCUT2D eigenvalue weighted by Crippen LogP contribution is 2.36. The Balaban J connectivity index is 1.77. The minimum absolute atomic E-state index is 0.133. The number of thioether (sulfide) groups is 1. The Hall–Kier alpha value is -1.88. The molecule has 1 saturated heterocycles. The first-order chi connectivity index (χ1) is 13.1. The fourth-order valence-corrected chi connectivity index (χ4v) is 4.35. The first-order valence-corrected chi connectivity index (χ1v) is 10.5. The molecule has 1 amide bonds. The van der Waals surface area contributed by atoms with Crippen molar-refractivity contribution in [3.8, 4) is 0 Å². The van der Waals surface area contributed by atoms with Gasteiger partial charge in [-0.3, -0.25) is 9.69 Å². The number of thiocarbonyl (C=S) groups is 1. The largest absolute Gasteiger partial charge is 0.270 e. The number of carbonyl (C=O) groups is 1. The Morgan fingerprint density at radius 2 is 1.85 bits per heavy atom. The number of amides is 1. The average molecular weight is 414 g/mol. The van der Waals surface area contributed by atoms with Crippen LogP contribution in [0.1, 0.15) is 30.9 Å². The minimum atomic E-state index is -0.133. The number of hydrogen-bond donors (Lipinski definition) is 0. The summed E-state index contributed by atoms with van der Waals surface area (Å²) in [5, 5.41) is 0.497. The van der Waals surface area contributed by atoms with Gasteiger partial charge in [0, 0.05) is 5.03 Å². The van der Waals surface area contributed by atoms with E-state index in [2.05, 4.69) is 19.1 Å². The summed E-state index contributed by atoms with van der Waals surface area (Å²) in [7, 11) is 0. The third-order valence-electron chi connectivity index (χ3n) is 4.18. The number of unbranched alkanes of at least 4 members (excludes halogenated alkanes) is 1. The number of aryl methyl sites for hydroxylation is 1. The molecule has 0 saturated carbocycles. The second-order valence-electron chi connectivity index (χ2n) is 6.23. The van der Waals surface area contributed by atoms with Gasteiger partial charge >= 0.3 is 0 Å². The summed E-state index contributed by atoms with van der Waals surface area (Å²) in [5.41, 5.74) is 3.05. The minimum Gasteiger partial charge on any atom is -0.268 e. The van der Waals surface area contributed by atoms with E-state index in [9.17, 15) is 4.79 Å². The fraction of sp³-hybridized carbons (Fsp3) is 0.182. The van der Waals surface area contributed by atoms with Crippen LogP contribution in [0.15, 0.2) is 70.6 Å². The monoisotopic (exact) mass is 413 g/mol. The molecule has 2 nitrogen and oxygen atoms in total. The maximum atomic E-state index is 12.8. The molecule has 2 aromatic carbocycles. The Labute approximate surface area is 174 Å². The van der Waals surface area contributed by atoms with E-state index in [4.69, 9.17) is 23.8 Å². The molecule has 0 radical (unpaired) electrons. The van der Waals surface area contributed by atoms with Gasteiger partial charge in [0.1, 0.15) is 0 Å². The predicted molar refractivity (Wildman–Crippen MR) is 121 cm³/mol. The summed E-state index contributed by atoms with van der Waals surface area (Å²) >= 11 is 13.0. The predicted octanol–water partition coefficient (Wildman–Crippen LogP) is 6.56. The number of anilines is 1. The number of allylic oxidation sites excluding steroid dienone is 2. The quantitative estimate of drug-likeness (QED) is 0.395. The van der Waals surface area contributed by atoms with Crippen molar-refractivity contribution in [2.45, 2.75) is 26.2 Å². The van der Waals surface area contributed by atoms with Crippen LogP contribution >= 0.6 is 35.6 Å². The molecule has 138 valence electrons. The van der Waals surface area contributed by atoms with Crippen LogP contribution in [0.4, 0.5) is 5.69 Å². The molecule has 0 bridgehead atoms. The molecule has 0 spiro atoms. The van der Waals surface area contributed by atoms with Gasteiger partial charge in [0.15, 0.2) is 4.32 Å². The topological polar surface area (TPSA) is 20.3 Å². The first-order valence-electron chi connectivity index (χ1n) is 8.87. The third-order valence-corrected chi connectivity index (χ3v) is 5.70. The highest BCUT2D eigenvalue weighted by atomic mass is 35.5. The second kappa shape index (κ2) is 9.36. The van der Waals surface area contributed by atoms with Gasteiger partial charge in [0.25, 0.3) is 5.91 Å². The zero-order chi connectivity index (χ0) is 19.2. The molecule has 0 unspecified atom stereocenters. The molecule has 3 rings (SSSR count). The van der Waals surface area contributed by atoms with Gasteiger partial charge < -0.3 is 0 Å². The Morgan fingerprint density at radius 3 is 2.52 bits per heavy atom. The van der Waals surface area contributed by atoms with Gasteiger partial charge in [-0.25, -0.2) is 0 Å². The van der Waals surface area contributed by atoms with E-state index in [0.29, 0.717) is 14.3 Å². The molecule has 2 aromatic rings. The van der Waals surface area contributed by atoms with Crippen LogP contribution in [0.2, 0.25) is 0 Å². The normalized spacial score (nSPS) is 16.4. The third kappa shape index (κ3) is 5.10. The van der Waals surface area contributed by atoms with Crippen LogP contribution < -0.4 is 4.90 Å². The molecule has 1 heterocycles. The molecule has 0 N–H and O–H groups in total. The van der Waals surface area contributed by atoms with Crippen molar-refractivity contribution >= 4 is 57.6 Å². The molecule has 1 aliphatic heterocycles. The van der Waals surface area contributed by atoms with Gasteiger partial charge in [-0.15, -0.1) is 0 Å². The lowest BCUT2D eigenvalue weighted by Crippen LogP contribution is -2.27. The summed E-state index contributed by atoms with van der Waals surface area (Å²) in [6.07, 6.45) is 6.89. The summed E-state index contributed by atoms with van der Waals surface area (Å²) in [5.74, 6) is -0.133. The van der Waals surface area contributed by atoms with E-state index < -0.39 is 0 Å². The summed E-state index contributed by atoms with van der Waals surface area (Å²) in [6.45, 7) is 2.18. The zero-order valence-electron chi connectivity index (χ0n) is 15.0. The van der Waals surface area contributed by atoms with Gasteiger partial charge in [-0.05, 0) is 48.3 Å². The number of carbonyl (C=O) groups excluding carboxylic acids is 1. The summed E-state index contributed by atoms with van der Waals surface area (Å²) in [4.78, 5) is 14.9. The van der Waals surface area contributed by atoms with Gasteiger partial charge in [0.2, 0.25) is 0 Å². The number of rotatable bonds is 6. The highest BCUT2D eigenvalue weighted by molar-refractivity contribution is 8.27. The van der Waals surface area contributed by atoms with Gasteiger partial charge in [-0.1, -0.05) is 91.4 Å². The van der Waals surface area contributed by atoms with Crippen LogP contribution in [0, 0.1) is 0 Å². The molecule has 1 fully saturated rings. The molecular weight excluding hydrogens is 394 g/mol. The van der Waals surface area contributed by atoms with Crippen LogP contribution in [0.25, 0.3) is 6.08 Å². The zero-order valence-corrected chi connectivity index (χ0v) is 17.4. The van der Waals surface area contributed by atoms with Crippen LogP contribution in [-0.2, 0) is 11.2 Å². The van der Waals surface area contributed by atoms with Crippen molar-refractivity contribution in [1.82, 2.24) is 0 Å². The molecule has 0 aliphatic carbocycles. The van der Waals surface area contributed by atoms with Crippen molar-refractivity contribution in [3.63, 3.8) is 0 Å². The van der Waals surface area contributed by atoms with E-state index in [0.717, 1.165) is 24.1 Å². The van der Waals surface area contributed by atoms with E-state index in [1.165, 1.54) is 23.7 Å². The average Bonchev–Trinajstić information content (AvgIpc) is 2.94. The molecule has 0 atom stereocenters. The maximum Gasteiger partial charge on any atom is 0.270 e.